The van der Waals surface area contributed by atoms with E-state index in [0.717, 1.165) is 42.7 Å². The molecule has 0 aromatic heterocycles. The lowest BCUT2D eigenvalue weighted by Crippen LogP contribution is -2.47. The Balaban J connectivity index is 1.59. The standard InChI is InChI=1S/C23H28FN3O6S/c1-32-19-8-4-17(5-9-19)13-25-22(28)16-27(15-20-3-2-12-33-20)23(29)14-26-34(30,31)21-10-6-18(24)7-11-21/h4-11,20,26H,2-3,12-16H2,1H3,(H,25,28)/t20-/m0/s1. The van der Waals surface area contributed by atoms with Gasteiger partial charge in [-0.1, -0.05) is 12.1 Å². The average Bonchev–Trinajstić information content (AvgIpc) is 3.34. The molecule has 0 spiro atoms. The number of halogens is 1. The molecule has 2 N–H and O–H groups in total. The van der Waals surface area contributed by atoms with Gasteiger partial charge in [-0.25, -0.2) is 17.5 Å². The predicted octanol–water partition coefficient (Wildman–Crippen LogP) is 1.44. The van der Waals surface area contributed by atoms with E-state index in [9.17, 15) is 22.4 Å². The normalized spacial score (nSPS) is 15.6. The highest BCUT2D eigenvalue weighted by molar-refractivity contribution is 7.89. The second kappa shape index (κ2) is 11.9. The fourth-order valence-electron chi connectivity index (χ4n) is 3.43. The van der Waals surface area contributed by atoms with Crippen LogP contribution in [0.5, 0.6) is 5.75 Å². The molecular weight excluding hydrogens is 465 g/mol. The molecule has 1 fully saturated rings. The van der Waals surface area contributed by atoms with Crippen molar-refractivity contribution >= 4 is 21.8 Å². The molecule has 184 valence electrons. The summed E-state index contributed by atoms with van der Waals surface area (Å²) in [5.74, 6) is -0.825. The van der Waals surface area contributed by atoms with Gasteiger partial charge in [0.15, 0.2) is 0 Å². The summed E-state index contributed by atoms with van der Waals surface area (Å²) in [4.78, 5) is 26.5. The molecule has 0 radical (unpaired) electrons. The smallest absolute Gasteiger partial charge is 0.241 e. The molecule has 2 aromatic rings. The van der Waals surface area contributed by atoms with Crippen molar-refractivity contribution in [3.8, 4) is 5.75 Å². The summed E-state index contributed by atoms with van der Waals surface area (Å²) in [6.45, 7) is 0.230. The van der Waals surface area contributed by atoms with Crippen LogP contribution in [-0.2, 0) is 30.9 Å². The average molecular weight is 494 g/mol. The van der Waals surface area contributed by atoms with Gasteiger partial charge in [-0.3, -0.25) is 9.59 Å². The van der Waals surface area contributed by atoms with Crippen molar-refractivity contribution in [2.75, 3.05) is 33.4 Å². The van der Waals surface area contributed by atoms with Gasteiger partial charge in [0, 0.05) is 19.7 Å². The quantitative estimate of drug-likeness (QED) is 0.490. The first kappa shape index (κ1) is 25.6. The summed E-state index contributed by atoms with van der Waals surface area (Å²) in [7, 11) is -2.45. The molecule has 2 aromatic carbocycles. The molecule has 1 heterocycles. The van der Waals surface area contributed by atoms with Crippen LogP contribution < -0.4 is 14.8 Å². The van der Waals surface area contributed by atoms with Gasteiger partial charge in [0.2, 0.25) is 21.8 Å². The van der Waals surface area contributed by atoms with Gasteiger partial charge in [-0.05, 0) is 54.8 Å². The van der Waals surface area contributed by atoms with Gasteiger partial charge in [0.1, 0.15) is 11.6 Å². The summed E-state index contributed by atoms with van der Waals surface area (Å²) < 4.78 is 50.8. The lowest BCUT2D eigenvalue weighted by molar-refractivity contribution is -0.136. The number of hydrogen-bond donors (Lipinski definition) is 2. The first-order chi connectivity index (χ1) is 16.3. The van der Waals surface area contributed by atoms with Gasteiger partial charge >= 0.3 is 0 Å². The van der Waals surface area contributed by atoms with Crippen LogP contribution >= 0.6 is 0 Å². The SMILES string of the molecule is COc1ccc(CNC(=O)CN(C[C@@H]2CCCO2)C(=O)CNS(=O)(=O)c2ccc(F)cc2)cc1. The number of hydrogen-bond acceptors (Lipinski definition) is 6. The van der Waals surface area contributed by atoms with Crippen LogP contribution in [0, 0.1) is 5.82 Å². The molecule has 2 amide bonds. The van der Waals surface area contributed by atoms with E-state index in [1.807, 2.05) is 12.1 Å². The second-order valence-corrected chi connectivity index (χ2v) is 9.58. The molecule has 1 aliphatic heterocycles. The number of amides is 2. The van der Waals surface area contributed by atoms with Gasteiger partial charge in [0.05, 0.1) is 31.2 Å². The molecule has 0 unspecified atom stereocenters. The van der Waals surface area contributed by atoms with Crippen LogP contribution in [0.25, 0.3) is 0 Å². The first-order valence-corrected chi connectivity index (χ1v) is 12.3. The molecule has 0 aliphatic carbocycles. The van der Waals surface area contributed by atoms with Crippen molar-refractivity contribution in [1.82, 2.24) is 14.9 Å². The third-order valence-corrected chi connectivity index (χ3v) is 6.74. The molecule has 9 nitrogen and oxygen atoms in total. The number of methoxy groups -OCH3 is 1. The minimum Gasteiger partial charge on any atom is -0.497 e. The van der Waals surface area contributed by atoms with Crippen molar-refractivity contribution in [3.63, 3.8) is 0 Å². The third kappa shape index (κ3) is 7.51. The number of carbonyl (C=O) groups excluding carboxylic acids is 2. The number of benzene rings is 2. The van der Waals surface area contributed by atoms with Crippen molar-refractivity contribution in [1.29, 1.82) is 0 Å². The van der Waals surface area contributed by atoms with E-state index in [4.69, 9.17) is 9.47 Å². The highest BCUT2D eigenvalue weighted by Gasteiger charge is 2.25. The molecule has 1 saturated heterocycles. The van der Waals surface area contributed by atoms with E-state index < -0.39 is 28.3 Å². The van der Waals surface area contributed by atoms with Crippen molar-refractivity contribution in [2.24, 2.45) is 0 Å². The summed E-state index contributed by atoms with van der Waals surface area (Å²) in [6, 6.07) is 11.5. The maximum Gasteiger partial charge on any atom is 0.241 e. The fraction of sp³-hybridized carbons (Fsp3) is 0.391. The third-order valence-electron chi connectivity index (χ3n) is 5.32. The van der Waals surface area contributed by atoms with E-state index in [0.29, 0.717) is 12.4 Å². The minimum atomic E-state index is -4.02. The highest BCUT2D eigenvalue weighted by atomic mass is 32.2. The number of ether oxygens (including phenoxy) is 2. The second-order valence-electron chi connectivity index (χ2n) is 7.81. The molecule has 11 heteroatoms. The monoisotopic (exact) mass is 493 g/mol. The zero-order valence-electron chi connectivity index (χ0n) is 18.8. The lowest BCUT2D eigenvalue weighted by atomic mass is 10.2. The van der Waals surface area contributed by atoms with Crippen LogP contribution in [0.4, 0.5) is 4.39 Å². The van der Waals surface area contributed by atoms with Gasteiger partial charge in [-0.2, -0.15) is 0 Å². The Bertz CT molecular complexity index is 1070. The number of nitrogens with zero attached hydrogens (tertiary/aromatic N) is 1. The molecule has 3 rings (SSSR count). The van der Waals surface area contributed by atoms with Gasteiger partial charge < -0.3 is 19.7 Å². The van der Waals surface area contributed by atoms with E-state index >= 15 is 0 Å². The molecule has 34 heavy (non-hydrogen) atoms. The number of nitrogens with one attached hydrogen (secondary N) is 2. The van der Waals surface area contributed by atoms with Crippen LogP contribution in [0.1, 0.15) is 18.4 Å². The maximum atomic E-state index is 13.1. The predicted molar refractivity (Wildman–Crippen MR) is 122 cm³/mol. The van der Waals surface area contributed by atoms with Crippen LogP contribution in [0.15, 0.2) is 53.4 Å². The fourth-order valence-corrected chi connectivity index (χ4v) is 4.40. The van der Waals surface area contributed by atoms with Gasteiger partial charge in [-0.15, -0.1) is 0 Å². The highest BCUT2D eigenvalue weighted by Crippen LogP contribution is 2.14. The first-order valence-electron chi connectivity index (χ1n) is 10.8. The van der Waals surface area contributed by atoms with Crippen molar-refractivity contribution < 1.29 is 31.9 Å². The van der Waals surface area contributed by atoms with E-state index in [1.54, 1.807) is 19.2 Å². The van der Waals surface area contributed by atoms with E-state index in [2.05, 4.69) is 10.0 Å². The van der Waals surface area contributed by atoms with Crippen LogP contribution in [0.3, 0.4) is 0 Å². The summed E-state index contributed by atoms with van der Waals surface area (Å²) >= 11 is 0. The Morgan fingerprint density at radius 2 is 1.85 bits per heavy atom. The Kier molecular flexibility index (Phi) is 8.97. The Labute approximate surface area is 198 Å². The van der Waals surface area contributed by atoms with E-state index in [1.165, 1.54) is 4.90 Å². The molecule has 1 atom stereocenters. The largest absolute Gasteiger partial charge is 0.497 e. The maximum absolute atomic E-state index is 13.1. The summed E-state index contributed by atoms with van der Waals surface area (Å²) in [6.07, 6.45) is 1.39. The number of sulfonamides is 1. The van der Waals surface area contributed by atoms with Crippen LogP contribution in [-0.4, -0.2) is 64.6 Å². The summed E-state index contributed by atoms with van der Waals surface area (Å²) in [5, 5.41) is 2.76. The Morgan fingerprint density at radius 3 is 2.47 bits per heavy atom. The topological polar surface area (TPSA) is 114 Å². The Morgan fingerprint density at radius 1 is 1.15 bits per heavy atom. The molecule has 0 saturated carbocycles. The molecule has 1 aliphatic rings. The molecular formula is C23H28FN3O6S. The zero-order chi connectivity index (χ0) is 24.6. The number of carbonyl (C=O) groups is 2. The van der Waals surface area contributed by atoms with Crippen molar-refractivity contribution in [3.05, 3.63) is 59.9 Å². The molecule has 0 bridgehead atoms. The zero-order valence-corrected chi connectivity index (χ0v) is 19.6. The lowest BCUT2D eigenvalue weighted by Gasteiger charge is -2.25. The number of rotatable bonds is 11. The van der Waals surface area contributed by atoms with E-state index in [-0.39, 0.29) is 36.5 Å². The Hall–Kier alpha value is -3.02. The van der Waals surface area contributed by atoms with Gasteiger partial charge in [0.25, 0.3) is 0 Å². The summed E-state index contributed by atoms with van der Waals surface area (Å²) in [5.41, 5.74) is 0.859. The van der Waals surface area contributed by atoms with Crippen LogP contribution in [0.2, 0.25) is 0 Å². The van der Waals surface area contributed by atoms with Crippen molar-refractivity contribution in [2.45, 2.75) is 30.4 Å². The minimum absolute atomic E-state index is 0.162.